The molecule has 0 bridgehead atoms. The van der Waals surface area contributed by atoms with Crippen LogP contribution in [0.2, 0.25) is 0 Å². The van der Waals surface area contributed by atoms with Crippen LogP contribution in [-0.2, 0) is 22.6 Å². The van der Waals surface area contributed by atoms with Gasteiger partial charge in [0, 0.05) is 29.2 Å². The van der Waals surface area contributed by atoms with E-state index in [9.17, 15) is 14.0 Å². The molecule has 11 nitrogen and oxygen atoms in total. The number of ether oxygens (including phenoxy) is 2. The first-order valence-corrected chi connectivity index (χ1v) is 12.1. The van der Waals surface area contributed by atoms with Gasteiger partial charge in [-0.05, 0) is 30.7 Å². The summed E-state index contributed by atoms with van der Waals surface area (Å²) < 4.78 is 26.0. The molecule has 198 valence electrons. The molecule has 4 N–H and O–H groups in total. The van der Waals surface area contributed by atoms with Crippen molar-refractivity contribution in [3.8, 4) is 11.5 Å². The third-order valence-electron chi connectivity index (χ3n) is 5.30. The number of aromatic nitrogens is 4. The van der Waals surface area contributed by atoms with Crippen molar-refractivity contribution in [3.05, 3.63) is 60.4 Å². The van der Waals surface area contributed by atoms with Crippen molar-refractivity contribution < 1.29 is 23.5 Å². The van der Waals surface area contributed by atoms with Gasteiger partial charge in [0.05, 0.1) is 37.0 Å². The molecule has 38 heavy (non-hydrogen) atoms. The van der Waals surface area contributed by atoms with Gasteiger partial charge in [-0.15, -0.1) is 11.6 Å². The topological polar surface area (TPSA) is 146 Å². The lowest BCUT2D eigenvalue weighted by atomic mass is 10.2. The van der Waals surface area contributed by atoms with Crippen LogP contribution in [0.25, 0.3) is 10.9 Å². The van der Waals surface area contributed by atoms with Crippen LogP contribution in [0.5, 0.6) is 11.5 Å². The maximum absolute atomic E-state index is 13.4. The van der Waals surface area contributed by atoms with Crippen LogP contribution < -0.4 is 25.8 Å². The first-order chi connectivity index (χ1) is 18.4. The Morgan fingerprint density at radius 2 is 2.03 bits per heavy atom. The average Bonchev–Trinajstić information content (AvgIpc) is 3.23. The number of nitrogens with one attached hydrogen (secondary N) is 2. The highest BCUT2D eigenvalue weighted by Gasteiger charge is 2.17. The number of amides is 2. The van der Waals surface area contributed by atoms with Gasteiger partial charge >= 0.3 is 0 Å². The monoisotopic (exact) mass is 541 g/mol. The first kappa shape index (κ1) is 26.6. The van der Waals surface area contributed by atoms with E-state index in [1.807, 2.05) is 0 Å². The number of carbonyl (C=O) groups is 2. The van der Waals surface area contributed by atoms with E-state index in [1.54, 1.807) is 24.4 Å². The molecule has 4 rings (SSSR count). The number of hydrogen-bond donors (Lipinski definition) is 3. The van der Waals surface area contributed by atoms with Gasteiger partial charge in [-0.25, -0.2) is 14.4 Å². The fourth-order valence-electron chi connectivity index (χ4n) is 3.66. The number of methoxy groups -OCH3 is 1. The zero-order valence-electron chi connectivity index (χ0n) is 20.4. The molecule has 0 aliphatic carbocycles. The number of rotatable bonds is 12. The summed E-state index contributed by atoms with van der Waals surface area (Å²) in [7, 11) is 1.52. The van der Waals surface area contributed by atoms with Crippen LogP contribution in [0.15, 0.2) is 48.9 Å². The third-order valence-corrected chi connectivity index (χ3v) is 5.57. The highest BCUT2D eigenvalue weighted by Crippen LogP contribution is 2.35. The van der Waals surface area contributed by atoms with Gasteiger partial charge in [-0.3, -0.25) is 14.3 Å². The van der Waals surface area contributed by atoms with Gasteiger partial charge in [0.2, 0.25) is 11.8 Å². The number of benzene rings is 2. The number of anilines is 3. The summed E-state index contributed by atoms with van der Waals surface area (Å²) in [5, 5.41) is 10.7. The predicted octanol–water partition coefficient (Wildman–Crippen LogP) is 3.39. The quantitative estimate of drug-likeness (QED) is 0.183. The number of primary amides is 1. The summed E-state index contributed by atoms with van der Waals surface area (Å²) in [6.07, 6.45) is 3.43. The minimum atomic E-state index is -0.601. The maximum Gasteiger partial charge on any atom is 0.246 e. The Labute approximate surface area is 222 Å². The number of carbonyl (C=O) groups excluding carboxylic acids is 2. The lowest BCUT2D eigenvalue weighted by Gasteiger charge is -2.13. The van der Waals surface area contributed by atoms with E-state index in [0.717, 1.165) is 0 Å². The third kappa shape index (κ3) is 6.65. The summed E-state index contributed by atoms with van der Waals surface area (Å²) in [4.78, 5) is 32.8. The van der Waals surface area contributed by atoms with Gasteiger partial charge in [0.1, 0.15) is 24.5 Å². The van der Waals surface area contributed by atoms with Crippen molar-refractivity contribution in [2.24, 2.45) is 5.73 Å². The Balaban J connectivity index is 1.60. The van der Waals surface area contributed by atoms with Gasteiger partial charge in [-0.2, -0.15) is 5.10 Å². The highest BCUT2D eigenvalue weighted by molar-refractivity contribution is 6.17. The Morgan fingerprint density at radius 1 is 1.18 bits per heavy atom. The summed E-state index contributed by atoms with van der Waals surface area (Å²) in [6, 6.07) is 9.01. The number of fused-ring (bicyclic) bond motifs is 1. The normalized spacial score (nSPS) is 10.8. The van der Waals surface area contributed by atoms with Crippen molar-refractivity contribution in [1.29, 1.82) is 0 Å². The van der Waals surface area contributed by atoms with Crippen LogP contribution >= 0.6 is 11.6 Å². The molecule has 2 amide bonds. The number of nitrogens with two attached hydrogens (primary N) is 1. The van der Waals surface area contributed by atoms with E-state index in [1.165, 1.54) is 36.3 Å². The Kier molecular flexibility index (Phi) is 8.54. The second kappa shape index (κ2) is 12.2. The molecule has 0 unspecified atom stereocenters. The molecule has 0 radical (unpaired) electrons. The minimum absolute atomic E-state index is 0.175. The van der Waals surface area contributed by atoms with Crippen molar-refractivity contribution >= 4 is 51.5 Å². The fraction of sp³-hybridized carbons (Fsp3) is 0.240. The molecular formula is C25H25ClFN7O4. The number of halogens is 2. The van der Waals surface area contributed by atoms with E-state index >= 15 is 0 Å². The van der Waals surface area contributed by atoms with Gasteiger partial charge < -0.3 is 25.8 Å². The summed E-state index contributed by atoms with van der Waals surface area (Å²) >= 11 is 5.74. The Morgan fingerprint density at radius 3 is 2.76 bits per heavy atom. The second-order valence-electron chi connectivity index (χ2n) is 8.15. The average molecular weight is 542 g/mol. The number of alkyl halides is 1. The summed E-state index contributed by atoms with van der Waals surface area (Å²) in [5.41, 5.74) is 7.05. The molecule has 13 heteroatoms. The minimum Gasteiger partial charge on any atom is -0.493 e. The van der Waals surface area contributed by atoms with Crippen molar-refractivity contribution in [2.75, 3.05) is 30.2 Å². The van der Waals surface area contributed by atoms with Crippen LogP contribution in [0.4, 0.5) is 21.6 Å². The fourth-order valence-corrected chi connectivity index (χ4v) is 3.77. The molecule has 2 heterocycles. The standard InChI is InChI=1S/C25H25ClFN7O4/c1-37-21-9-17-18(10-22(21)38-7-3-6-26)29-14-30-25(17)32-20-12-34(33-19(20)11-23(28)35)13-24(36)31-16-5-2-4-15(27)8-16/h2,4-5,8-10,12,14H,3,6-7,11,13H2,1H3,(H2,28,35)(H,31,36)(H,29,30,32). The lowest BCUT2D eigenvalue weighted by Crippen LogP contribution is -2.19. The van der Waals surface area contributed by atoms with Crippen molar-refractivity contribution in [1.82, 2.24) is 19.7 Å². The first-order valence-electron chi connectivity index (χ1n) is 11.5. The van der Waals surface area contributed by atoms with Gasteiger partial charge in [0.25, 0.3) is 0 Å². The Bertz CT molecular complexity index is 1460. The molecule has 0 aliphatic rings. The zero-order valence-corrected chi connectivity index (χ0v) is 21.2. The SMILES string of the molecule is COc1cc2c(Nc3cn(CC(=O)Nc4cccc(F)c4)nc3CC(N)=O)ncnc2cc1OCCCCl. The van der Waals surface area contributed by atoms with Gasteiger partial charge in [-0.1, -0.05) is 6.07 Å². The molecular weight excluding hydrogens is 517 g/mol. The van der Waals surface area contributed by atoms with E-state index in [4.69, 9.17) is 26.8 Å². The molecule has 2 aromatic heterocycles. The number of hydrogen-bond acceptors (Lipinski definition) is 8. The van der Waals surface area contributed by atoms with Crippen molar-refractivity contribution in [3.63, 3.8) is 0 Å². The molecule has 0 saturated carbocycles. The van der Waals surface area contributed by atoms with E-state index < -0.39 is 17.6 Å². The smallest absolute Gasteiger partial charge is 0.246 e. The maximum atomic E-state index is 13.4. The predicted molar refractivity (Wildman–Crippen MR) is 140 cm³/mol. The van der Waals surface area contributed by atoms with Gasteiger partial charge in [0.15, 0.2) is 11.5 Å². The van der Waals surface area contributed by atoms with Crippen molar-refractivity contribution in [2.45, 2.75) is 19.4 Å². The zero-order chi connectivity index (χ0) is 27.1. The molecule has 0 fully saturated rings. The lowest BCUT2D eigenvalue weighted by molar-refractivity contribution is -0.117. The van der Waals surface area contributed by atoms with Crippen LogP contribution in [-0.4, -0.2) is 51.2 Å². The van der Waals surface area contributed by atoms with E-state index in [2.05, 4.69) is 25.7 Å². The highest BCUT2D eigenvalue weighted by atomic mass is 35.5. The van der Waals surface area contributed by atoms with E-state index in [0.29, 0.717) is 64.2 Å². The van der Waals surface area contributed by atoms with E-state index in [-0.39, 0.29) is 13.0 Å². The number of nitrogens with zero attached hydrogens (tertiary/aromatic N) is 4. The summed E-state index contributed by atoms with van der Waals surface area (Å²) in [6.45, 7) is 0.231. The van der Waals surface area contributed by atoms with Crippen LogP contribution in [0.3, 0.4) is 0 Å². The van der Waals surface area contributed by atoms with Crippen LogP contribution in [0, 0.1) is 5.82 Å². The summed E-state index contributed by atoms with van der Waals surface area (Å²) in [5.74, 6) is 0.368. The molecule has 0 saturated heterocycles. The molecule has 0 aliphatic heterocycles. The molecule has 4 aromatic rings. The molecule has 0 spiro atoms. The Hall–Kier alpha value is -4.45. The second-order valence-corrected chi connectivity index (χ2v) is 8.53. The molecule has 0 atom stereocenters. The largest absolute Gasteiger partial charge is 0.493 e. The molecule has 2 aromatic carbocycles. The van der Waals surface area contributed by atoms with Crippen LogP contribution in [0.1, 0.15) is 12.1 Å².